The molecule has 2 atom stereocenters. The maximum atomic E-state index is 13.1. The number of phenols is 2. The van der Waals surface area contributed by atoms with Crippen LogP contribution in [0.3, 0.4) is 0 Å². The molecular weight excluding hydrogens is 532 g/mol. The van der Waals surface area contributed by atoms with Gasteiger partial charge in [-0.15, -0.1) is 0 Å². The highest BCUT2D eigenvalue weighted by atomic mass is 16.3. The Kier molecular flexibility index (Phi) is 9.64. The van der Waals surface area contributed by atoms with Crippen molar-refractivity contribution >= 4 is 11.8 Å². The Morgan fingerprint density at radius 2 is 0.857 bits per heavy atom. The van der Waals surface area contributed by atoms with Crippen molar-refractivity contribution in [3.63, 3.8) is 0 Å². The molecule has 2 unspecified atom stereocenters. The molecule has 0 fully saturated rings. The summed E-state index contributed by atoms with van der Waals surface area (Å²) in [6.07, 6.45) is -0.719. The van der Waals surface area contributed by atoms with E-state index in [2.05, 4.69) is 10.9 Å². The maximum Gasteiger partial charge on any atom is 0.241 e. The van der Waals surface area contributed by atoms with Gasteiger partial charge >= 0.3 is 0 Å². The molecule has 0 spiro atoms. The molecule has 2 aromatic rings. The first-order valence-corrected chi connectivity index (χ1v) is 14.4. The molecule has 0 saturated carbocycles. The molecule has 234 valence electrons. The number of aliphatic hydroxyl groups is 2. The third-order valence-electron chi connectivity index (χ3n) is 8.22. The van der Waals surface area contributed by atoms with E-state index in [0.29, 0.717) is 22.3 Å². The van der Waals surface area contributed by atoms with Crippen molar-refractivity contribution in [1.82, 2.24) is 10.9 Å². The number of carbonyl (C=O) groups is 2. The number of nitrogens with one attached hydrogen (secondary N) is 2. The molecule has 8 nitrogen and oxygen atoms in total. The fraction of sp³-hybridized carbons (Fsp3) is 0.588. The second-order valence-electron chi connectivity index (χ2n) is 15.6. The largest absolute Gasteiger partial charge is 0.508 e. The van der Waals surface area contributed by atoms with Crippen LogP contribution in [0.5, 0.6) is 11.5 Å². The van der Waals surface area contributed by atoms with Crippen LogP contribution in [0.1, 0.15) is 118 Å². The molecule has 2 rings (SSSR count). The van der Waals surface area contributed by atoms with Gasteiger partial charge in [-0.1, -0.05) is 95.2 Å². The van der Waals surface area contributed by atoms with Gasteiger partial charge in [-0.3, -0.25) is 20.4 Å². The van der Waals surface area contributed by atoms with Crippen LogP contribution in [0.15, 0.2) is 36.4 Å². The van der Waals surface area contributed by atoms with Crippen molar-refractivity contribution in [1.29, 1.82) is 0 Å². The average molecular weight is 585 g/mol. The van der Waals surface area contributed by atoms with Crippen LogP contribution in [-0.2, 0) is 31.6 Å². The fourth-order valence-electron chi connectivity index (χ4n) is 5.08. The Hall–Kier alpha value is -3.10. The van der Waals surface area contributed by atoms with Crippen molar-refractivity contribution in [2.45, 2.75) is 118 Å². The molecular formula is C34H52N2O6. The number of carbonyl (C=O) groups excluding carboxylic acids is 2. The summed E-state index contributed by atoms with van der Waals surface area (Å²) in [6, 6.07) is 9.70. The van der Waals surface area contributed by atoms with E-state index >= 15 is 0 Å². The van der Waals surface area contributed by atoms with E-state index in [0.717, 1.165) is 0 Å². The van der Waals surface area contributed by atoms with Gasteiger partial charge in [0.25, 0.3) is 0 Å². The first kappa shape index (κ1) is 35.1. The quantitative estimate of drug-likeness (QED) is 0.238. The Morgan fingerprint density at radius 1 is 0.571 bits per heavy atom. The maximum absolute atomic E-state index is 13.1. The molecule has 0 radical (unpaired) electrons. The second kappa shape index (κ2) is 11.5. The molecule has 8 heteroatoms. The van der Waals surface area contributed by atoms with Gasteiger partial charge < -0.3 is 20.4 Å². The predicted octanol–water partition coefficient (Wildman–Crippen LogP) is 5.79. The number of phenolic OH excluding ortho intramolecular Hbond substituents is 2. The lowest BCUT2D eigenvalue weighted by Crippen LogP contribution is -2.51. The van der Waals surface area contributed by atoms with E-state index in [1.165, 1.54) is 12.1 Å². The van der Waals surface area contributed by atoms with Crippen molar-refractivity contribution in [2.75, 3.05) is 0 Å². The number of rotatable bonds is 6. The van der Waals surface area contributed by atoms with E-state index in [1.807, 2.05) is 83.1 Å². The number of hydrogen-bond donors (Lipinski definition) is 6. The Labute approximate surface area is 251 Å². The van der Waals surface area contributed by atoms with Crippen LogP contribution in [0.4, 0.5) is 0 Å². The summed E-state index contributed by atoms with van der Waals surface area (Å²) in [5.74, 6) is -1.03. The highest BCUT2D eigenvalue weighted by Gasteiger charge is 2.46. The Balaban J connectivity index is 2.31. The number of amides is 2. The van der Waals surface area contributed by atoms with Crippen molar-refractivity contribution < 1.29 is 30.0 Å². The number of aromatic hydroxyl groups is 2. The standard InChI is InChI=1S/C34H52N2O6/c1-29(2,3)23-17-21(13-15-25(23)37)33(41,31(7,8)9)19-27(39)35-36-28(40)20-34(42,32(10,11)12)22-14-16-26(38)24(18-22)30(4,5)6/h13-18,37-38,41-42H,19-20H2,1-12H3,(H,35,39)(H,36,40). The van der Waals surface area contributed by atoms with Crippen LogP contribution in [0, 0.1) is 10.8 Å². The summed E-state index contributed by atoms with van der Waals surface area (Å²) in [6.45, 7) is 22.6. The van der Waals surface area contributed by atoms with E-state index in [4.69, 9.17) is 0 Å². The molecule has 0 aliphatic heterocycles. The average Bonchev–Trinajstić information content (AvgIpc) is 2.80. The highest BCUT2D eigenvalue weighted by molar-refractivity contribution is 5.83. The summed E-state index contributed by atoms with van der Waals surface area (Å²) in [4.78, 5) is 26.3. The van der Waals surface area contributed by atoms with E-state index in [-0.39, 0.29) is 24.3 Å². The Morgan fingerprint density at radius 3 is 1.10 bits per heavy atom. The van der Waals surface area contributed by atoms with Crippen LogP contribution < -0.4 is 10.9 Å². The fourth-order valence-corrected chi connectivity index (χ4v) is 5.08. The minimum Gasteiger partial charge on any atom is -0.508 e. The second-order valence-corrected chi connectivity index (χ2v) is 15.6. The normalized spacial score (nSPS) is 15.9. The van der Waals surface area contributed by atoms with Gasteiger partial charge in [0.2, 0.25) is 11.8 Å². The first-order chi connectivity index (χ1) is 18.7. The minimum absolute atomic E-state index is 0.105. The summed E-state index contributed by atoms with van der Waals surface area (Å²) in [5.41, 5.74) is 1.43. The van der Waals surface area contributed by atoms with Crippen molar-refractivity contribution in [2.24, 2.45) is 10.8 Å². The van der Waals surface area contributed by atoms with Crippen LogP contribution in [-0.4, -0.2) is 32.2 Å². The van der Waals surface area contributed by atoms with Crippen molar-refractivity contribution in [3.05, 3.63) is 58.7 Å². The first-order valence-electron chi connectivity index (χ1n) is 14.4. The number of hydrogen-bond acceptors (Lipinski definition) is 6. The summed E-state index contributed by atoms with van der Waals surface area (Å²) >= 11 is 0. The summed E-state index contributed by atoms with van der Waals surface area (Å²) in [7, 11) is 0. The zero-order valence-electron chi connectivity index (χ0n) is 27.5. The van der Waals surface area contributed by atoms with Crippen LogP contribution in [0.25, 0.3) is 0 Å². The lowest BCUT2D eigenvalue weighted by atomic mass is 9.69. The van der Waals surface area contributed by atoms with Gasteiger partial charge in [0.1, 0.15) is 22.7 Å². The topological polar surface area (TPSA) is 139 Å². The monoisotopic (exact) mass is 584 g/mol. The predicted molar refractivity (Wildman–Crippen MR) is 166 cm³/mol. The molecule has 0 bridgehead atoms. The summed E-state index contributed by atoms with van der Waals surface area (Å²) < 4.78 is 0. The molecule has 2 aromatic carbocycles. The molecule has 0 aliphatic rings. The van der Waals surface area contributed by atoms with E-state index < -0.39 is 44.7 Å². The third kappa shape index (κ3) is 7.45. The molecule has 0 saturated heterocycles. The molecule has 0 heterocycles. The number of benzene rings is 2. The molecule has 0 aromatic heterocycles. The SMILES string of the molecule is CC(C)(C)c1cc(C(O)(CC(=O)NNC(=O)CC(O)(c2ccc(O)c(C(C)(C)C)c2)C(C)(C)C)C(C)(C)C)ccc1O. The number of hydrazine groups is 1. The third-order valence-corrected chi connectivity index (χ3v) is 8.22. The van der Waals surface area contributed by atoms with Gasteiger partial charge in [0.15, 0.2) is 0 Å². The van der Waals surface area contributed by atoms with Gasteiger partial charge in [-0.25, -0.2) is 0 Å². The summed E-state index contributed by atoms with van der Waals surface area (Å²) in [5, 5.41) is 44.6. The zero-order valence-corrected chi connectivity index (χ0v) is 27.5. The molecule has 2 amide bonds. The molecule has 42 heavy (non-hydrogen) atoms. The van der Waals surface area contributed by atoms with Gasteiger partial charge in [-0.2, -0.15) is 0 Å². The minimum atomic E-state index is -1.63. The van der Waals surface area contributed by atoms with E-state index in [1.54, 1.807) is 24.3 Å². The Bertz CT molecular complexity index is 1210. The van der Waals surface area contributed by atoms with Crippen LogP contribution in [0.2, 0.25) is 0 Å². The van der Waals surface area contributed by atoms with E-state index in [9.17, 15) is 30.0 Å². The van der Waals surface area contributed by atoms with Crippen molar-refractivity contribution in [3.8, 4) is 11.5 Å². The smallest absolute Gasteiger partial charge is 0.241 e. The van der Waals surface area contributed by atoms with Crippen LogP contribution >= 0.6 is 0 Å². The van der Waals surface area contributed by atoms with Gasteiger partial charge in [0, 0.05) is 0 Å². The highest BCUT2D eigenvalue weighted by Crippen LogP contribution is 2.46. The molecule has 6 N–H and O–H groups in total. The van der Waals surface area contributed by atoms with Gasteiger partial charge in [0.05, 0.1) is 12.8 Å². The lowest BCUT2D eigenvalue weighted by Gasteiger charge is -2.41. The zero-order chi connectivity index (χ0) is 32.7. The van der Waals surface area contributed by atoms with Gasteiger partial charge in [-0.05, 0) is 68.2 Å². The molecule has 0 aliphatic carbocycles. The lowest BCUT2D eigenvalue weighted by molar-refractivity contribution is -0.142.